The number of carbonyl (C=O) groups is 2. The number of piperazine rings is 1. The maximum Gasteiger partial charge on any atom is 0.276 e. The third-order valence-corrected chi connectivity index (χ3v) is 4.45. The van der Waals surface area contributed by atoms with E-state index in [0.29, 0.717) is 25.5 Å². The lowest BCUT2D eigenvalue weighted by atomic mass is 10.1. The van der Waals surface area contributed by atoms with Gasteiger partial charge in [0.1, 0.15) is 12.3 Å². The van der Waals surface area contributed by atoms with E-state index in [0.717, 1.165) is 13.0 Å². The fourth-order valence-corrected chi connectivity index (χ4v) is 3.07. The van der Waals surface area contributed by atoms with E-state index in [1.54, 1.807) is 6.92 Å². The maximum atomic E-state index is 12.6. The average Bonchev–Trinajstić information content (AvgIpc) is 3.06. The lowest BCUT2D eigenvalue weighted by Crippen LogP contribution is -2.60. The maximum absolute atomic E-state index is 12.6. The van der Waals surface area contributed by atoms with Crippen LogP contribution in [0.4, 0.5) is 0 Å². The van der Waals surface area contributed by atoms with Crippen molar-refractivity contribution < 1.29 is 14.0 Å². The van der Waals surface area contributed by atoms with Crippen LogP contribution in [0.5, 0.6) is 0 Å². The molecule has 1 aromatic heterocycles. The van der Waals surface area contributed by atoms with Crippen LogP contribution >= 0.6 is 0 Å². The van der Waals surface area contributed by atoms with E-state index in [9.17, 15) is 9.59 Å². The van der Waals surface area contributed by atoms with Crippen molar-refractivity contribution in [3.63, 3.8) is 0 Å². The molecular weight excluding hydrogens is 320 g/mol. The molecule has 1 atom stereocenters. The number of primary amides is 1. The van der Waals surface area contributed by atoms with Gasteiger partial charge in [0.05, 0.1) is 0 Å². The molecule has 1 aliphatic heterocycles. The quantitative estimate of drug-likeness (QED) is 0.869. The van der Waals surface area contributed by atoms with Crippen LogP contribution in [0.3, 0.4) is 0 Å². The van der Waals surface area contributed by atoms with Crippen molar-refractivity contribution in [2.24, 2.45) is 5.73 Å². The molecule has 1 saturated heterocycles. The Morgan fingerprint density at radius 2 is 2.04 bits per heavy atom. The molecular formula is C18H22N4O3. The SMILES string of the molecule is Cc1nc(C(=O)N2CCN(CCc3ccccc3)CC2C(N)=O)co1. The van der Waals surface area contributed by atoms with Crippen LogP contribution < -0.4 is 5.73 Å². The Kier molecular flexibility index (Phi) is 5.14. The summed E-state index contributed by atoms with van der Waals surface area (Å²) in [5.41, 5.74) is 7.00. The van der Waals surface area contributed by atoms with Crippen LogP contribution in [-0.2, 0) is 11.2 Å². The molecule has 132 valence electrons. The van der Waals surface area contributed by atoms with Crippen molar-refractivity contribution in [3.8, 4) is 0 Å². The van der Waals surface area contributed by atoms with E-state index >= 15 is 0 Å². The molecule has 25 heavy (non-hydrogen) atoms. The number of nitrogens with two attached hydrogens (primary N) is 1. The minimum atomic E-state index is -0.658. The largest absolute Gasteiger partial charge is 0.448 e. The highest BCUT2D eigenvalue weighted by molar-refractivity contribution is 5.95. The summed E-state index contributed by atoms with van der Waals surface area (Å²) < 4.78 is 5.10. The lowest BCUT2D eigenvalue weighted by Gasteiger charge is -2.39. The summed E-state index contributed by atoms with van der Waals surface area (Å²) in [5.74, 6) is -0.401. The standard InChI is InChI=1S/C18H22N4O3/c1-13-20-15(12-25-13)18(24)22-10-9-21(11-16(22)17(19)23)8-7-14-5-3-2-4-6-14/h2-6,12,16H,7-11H2,1H3,(H2,19,23). The predicted octanol–water partition coefficient (Wildman–Crippen LogP) is 0.837. The molecule has 1 aliphatic rings. The zero-order valence-electron chi connectivity index (χ0n) is 14.2. The van der Waals surface area contributed by atoms with Crippen LogP contribution in [0, 0.1) is 6.92 Å². The average molecular weight is 342 g/mol. The number of amides is 2. The summed E-state index contributed by atoms with van der Waals surface area (Å²) in [7, 11) is 0. The molecule has 0 spiro atoms. The molecule has 2 aromatic rings. The van der Waals surface area contributed by atoms with Crippen molar-refractivity contribution >= 4 is 11.8 Å². The van der Waals surface area contributed by atoms with Gasteiger partial charge < -0.3 is 15.1 Å². The number of aromatic nitrogens is 1. The number of aryl methyl sites for hydroxylation is 1. The first kappa shape index (κ1) is 17.2. The topological polar surface area (TPSA) is 92.7 Å². The number of carbonyl (C=O) groups excluding carboxylic acids is 2. The van der Waals surface area contributed by atoms with Gasteiger partial charge in [0.15, 0.2) is 11.6 Å². The molecule has 0 radical (unpaired) electrons. The van der Waals surface area contributed by atoms with Crippen LogP contribution in [0.1, 0.15) is 21.9 Å². The second kappa shape index (κ2) is 7.48. The van der Waals surface area contributed by atoms with Crippen molar-refractivity contribution in [3.05, 3.63) is 53.7 Å². The van der Waals surface area contributed by atoms with Gasteiger partial charge in [0, 0.05) is 33.1 Å². The van der Waals surface area contributed by atoms with Gasteiger partial charge in [-0.25, -0.2) is 4.98 Å². The van der Waals surface area contributed by atoms with Crippen molar-refractivity contribution in [2.45, 2.75) is 19.4 Å². The summed E-state index contributed by atoms with van der Waals surface area (Å²) in [6.45, 7) is 4.06. The van der Waals surface area contributed by atoms with E-state index in [1.165, 1.54) is 16.7 Å². The van der Waals surface area contributed by atoms with Crippen molar-refractivity contribution in [1.82, 2.24) is 14.8 Å². The highest BCUT2D eigenvalue weighted by Gasteiger charge is 2.35. The van der Waals surface area contributed by atoms with Crippen LogP contribution in [0.2, 0.25) is 0 Å². The molecule has 3 rings (SSSR count). The summed E-state index contributed by atoms with van der Waals surface area (Å²) in [4.78, 5) is 32.2. The second-order valence-corrected chi connectivity index (χ2v) is 6.20. The Morgan fingerprint density at radius 1 is 1.28 bits per heavy atom. The molecule has 2 amide bonds. The Bertz CT molecular complexity index is 744. The molecule has 0 bridgehead atoms. The van der Waals surface area contributed by atoms with Gasteiger partial charge in [-0.05, 0) is 12.0 Å². The Labute approximate surface area is 146 Å². The summed E-state index contributed by atoms with van der Waals surface area (Å²) >= 11 is 0. The monoisotopic (exact) mass is 342 g/mol. The molecule has 0 aliphatic carbocycles. The van der Waals surface area contributed by atoms with Gasteiger partial charge in [0.2, 0.25) is 5.91 Å². The molecule has 2 heterocycles. The van der Waals surface area contributed by atoms with Gasteiger partial charge >= 0.3 is 0 Å². The molecule has 2 N–H and O–H groups in total. The first-order chi connectivity index (χ1) is 12.0. The first-order valence-corrected chi connectivity index (χ1v) is 8.33. The van der Waals surface area contributed by atoms with E-state index < -0.39 is 11.9 Å². The van der Waals surface area contributed by atoms with Gasteiger partial charge in [-0.15, -0.1) is 0 Å². The van der Waals surface area contributed by atoms with Crippen LogP contribution in [-0.4, -0.2) is 58.8 Å². The molecule has 7 nitrogen and oxygen atoms in total. The molecule has 1 fully saturated rings. The fraction of sp³-hybridized carbons (Fsp3) is 0.389. The van der Waals surface area contributed by atoms with E-state index in [1.807, 2.05) is 18.2 Å². The number of hydrogen-bond acceptors (Lipinski definition) is 5. The lowest BCUT2D eigenvalue weighted by molar-refractivity contribution is -0.124. The Hall–Kier alpha value is -2.67. The smallest absolute Gasteiger partial charge is 0.276 e. The van der Waals surface area contributed by atoms with Gasteiger partial charge in [-0.2, -0.15) is 0 Å². The number of rotatable bonds is 5. The van der Waals surface area contributed by atoms with Crippen molar-refractivity contribution in [1.29, 1.82) is 0 Å². The minimum Gasteiger partial charge on any atom is -0.448 e. The van der Waals surface area contributed by atoms with E-state index in [-0.39, 0.29) is 11.6 Å². The van der Waals surface area contributed by atoms with Crippen LogP contribution in [0.15, 0.2) is 41.0 Å². The Balaban J connectivity index is 1.64. The number of nitrogens with zero attached hydrogens (tertiary/aromatic N) is 3. The second-order valence-electron chi connectivity index (χ2n) is 6.20. The summed E-state index contributed by atoms with van der Waals surface area (Å²) in [5, 5.41) is 0. The summed E-state index contributed by atoms with van der Waals surface area (Å²) in [6.07, 6.45) is 2.21. The summed E-state index contributed by atoms with van der Waals surface area (Å²) in [6, 6.07) is 9.52. The van der Waals surface area contributed by atoms with E-state index in [2.05, 4.69) is 22.0 Å². The number of hydrogen-bond donors (Lipinski definition) is 1. The molecule has 7 heteroatoms. The van der Waals surface area contributed by atoms with E-state index in [4.69, 9.17) is 10.2 Å². The predicted molar refractivity (Wildman–Crippen MR) is 91.8 cm³/mol. The molecule has 1 unspecified atom stereocenters. The highest BCUT2D eigenvalue weighted by Crippen LogP contribution is 2.15. The third kappa shape index (κ3) is 4.06. The van der Waals surface area contributed by atoms with Gasteiger partial charge in [-0.3, -0.25) is 14.5 Å². The van der Waals surface area contributed by atoms with Gasteiger partial charge in [0.25, 0.3) is 5.91 Å². The highest BCUT2D eigenvalue weighted by atomic mass is 16.3. The normalized spacial score (nSPS) is 18.3. The third-order valence-electron chi connectivity index (χ3n) is 4.45. The minimum absolute atomic E-state index is 0.210. The first-order valence-electron chi connectivity index (χ1n) is 8.33. The van der Waals surface area contributed by atoms with Crippen LogP contribution in [0.25, 0.3) is 0 Å². The number of oxazole rings is 1. The van der Waals surface area contributed by atoms with Gasteiger partial charge in [-0.1, -0.05) is 30.3 Å². The Morgan fingerprint density at radius 3 is 2.68 bits per heavy atom. The fourth-order valence-electron chi connectivity index (χ4n) is 3.07. The zero-order valence-corrected chi connectivity index (χ0v) is 14.2. The number of benzene rings is 1. The zero-order chi connectivity index (χ0) is 17.8. The molecule has 1 aromatic carbocycles. The molecule has 0 saturated carbocycles. The van der Waals surface area contributed by atoms with Crippen molar-refractivity contribution in [2.75, 3.05) is 26.2 Å².